The second-order valence-electron chi connectivity index (χ2n) is 5.28. The molecule has 1 aliphatic rings. The van der Waals surface area contributed by atoms with E-state index >= 15 is 0 Å². The number of nitrogens with zero attached hydrogens (tertiary/aromatic N) is 1. The van der Waals surface area contributed by atoms with Crippen LogP contribution in [0, 0.1) is 0 Å². The highest BCUT2D eigenvalue weighted by atomic mass is 32.1. The van der Waals surface area contributed by atoms with Crippen LogP contribution in [0.15, 0.2) is 34.6 Å². The lowest BCUT2D eigenvalue weighted by atomic mass is 10.1. The van der Waals surface area contributed by atoms with E-state index in [1.54, 1.807) is 11.3 Å². The molecule has 0 spiro atoms. The zero-order chi connectivity index (χ0) is 15.5. The van der Waals surface area contributed by atoms with Crippen LogP contribution in [0.2, 0.25) is 0 Å². The van der Waals surface area contributed by atoms with Crippen molar-refractivity contribution in [2.24, 2.45) is 10.7 Å². The molecule has 2 aromatic rings. The largest absolute Gasteiger partial charge is 0.398 e. The molecular weight excluding hydrogens is 298 g/mol. The molecule has 22 heavy (non-hydrogen) atoms. The van der Waals surface area contributed by atoms with Crippen LogP contribution in [0.25, 0.3) is 5.70 Å². The first kappa shape index (κ1) is 15.2. The molecule has 1 aromatic carbocycles. The summed E-state index contributed by atoms with van der Waals surface area (Å²) >= 11 is 1.67. The molecule has 3 rings (SSSR count). The highest BCUT2D eigenvalue weighted by Gasteiger charge is 2.11. The Hall–Kier alpha value is -1.73. The third-order valence-corrected chi connectivity index (χ3v) is 4.72. The van der Waals surface area contributed by atoms with Crippen molar-refractivity contribution in [3.05, 3.63) is 56.2 Å². The summed E-state index contributed by atoms with van der Waals surface area (Å²) in [5.74, 6) is 0. The lowest BCUT2D eigenvalue weighted by Gasteiger charge is -2.13. The Bertz CT molecular complexity index is 781. The molecule has 0 radical (unpaired) electrons. The topological polar surface area (TPSA) is 90.9 Å². The second-order valence-corrected chi connectivity index (χ2v) is 6.28. The van der Waals surface area contributed by atoms with Crippen LogP contribution in [0.1, 0.15) is 16.0 Å². The second kappa shape index (κ2) is 6.58. The zero-order valence-electron chi connectivity index (χ0n) is 12.1. The van der Waals surface area contributed by atoms with Crippen LogP contribution < -0.4 is 21.6 Å². The Kier molecular flexibility index (Phi) is 4.54. The first-order valence-electron chi connectivity index (χ1n) is 7.18. The van der Waals surface area contributed by atoms with E-state index in [1.807, 2.05) is 29.6 Å². The summed E-state index contributed by atoms with van der Waals surface area (Å²) in [7, 11) is 0. The number of hydrogen-bond acceptors (Lipinski definition) is 6. The molecule has 6 heteroatoms. The first-order chi connectivity index (χ1) is 10.7. The van der Waals surface area contributed by atoms with Gasteiger partial charge in [0.15, 0.2) is 0 Å². The Morgan fingerprint density at radius 1 is 1.27 bits per heavy atom. The highest BCUT2D eigenvalue weighted by Crippen LogP contribution is 2.21. The maximum absolute atomic E-state index is 9.08. The summed E-state index contributed by atoms with van der Waals surface area (Å²) in [4.78, 5) is 5.85. The van der Waals surface area contributed by atoms with E-state index in [0.29, 0.717) is 13.1 Å². The Morgan fingerprint density at radius 3 is 2.86 bits per heavy atom. The van der Waals surface area contributed by atoms with Crippen molar-refractivity contribution in [1.29, 1.82) is 0 Å². The van der Waals surface area contributed by atoms with Gasteiger partial charge in [-0.3, -0.25) is 4.99 Å². The van der Waals surface area contributed by atoms with Gasteiger partial charge in [0.25, 0.3) is 0 Å². The van der Waals surface area contributed by atoms with Crippen molar-refractivity contribution in [3.8, 4) is 0 Å². The lowest BCUT2D eigenvalue weighted by molar-refractivity contribution is 0.170. The molecule has 5 nitrogen and oxygen atoms in total. The fraction of sp³-hybridized carbons (Fsp3) is 0.312. The highest BCUT2D eigenvalue weighted by molar-refractivity contribution is 7.10. The van der Waals surface area contributed by atoms with Crippen LogP contribution in [0.3, 0.4) is 0 Å². The molecule has 0 bridgehead atoms. The van der Waals surface area contributed by atoms with Crippen LogP contribution >= 0.6 is 11.3 Å². The number of aliphatic hydroxyl groups excluding tert-OH is 2. The standard InChI is InChI=1S/C16H19N3O2S/c17-16-12-2-1-10(6-18-11(8-20)9-21)5-14(12)19-7-15-13(16)3-4-22-15/h1-5,11,18,20-21H,6-9,17H2. The van der Waals surface area contributed by atoms with Crippen molar-refractivity contribution in [2.45, 2.75) is 19.1 Å². The summed E-state index contributed by atoms with van der Waals surface area (Å²) in [6.45, 7) is 1.03. The number of hydrogen-bond donors (Lipinski definition) is 4. The Morgan fingerprint density at radius 2 is 2.09 bits per heavy atom. The summed E-state index contributed by atoms with van der Waals surface area (Å²) < 4.78 is 0. The minimum absolute atomic E-state index is 0.0905. The van der Waals surface area contributed by atoms with Crippen LogP contribution in [0.5, 0.6) is 0 Å². The summed E-state index contributed by atoms with van der Waals surface area (Å²) in [5.41, 5.74) is 9.20. The van der Waals surface area contributed by atoms with Gasteiger partial charge >= 0.3 is 0 Å². The van der Waals surface area contributed by atoms with Crippen molar-refractivity contribution in [1.82, 2.24) is 5.32 Å². The quantitative estimate of drug-likeness (QED) is 0.595. The van der Waals surface area contributed by atoms with Gasteiger partial charge in [-0.25, -0.2) is 0 Å². The molecule has 1 aromatic heterocycles. The van der Waals surface area contributed by atoms with Crippen molar-refractivity contribution in [3.63, 3.8) is 0 Å². The van der Waals surface area contributed by atoms with E-state index in [-0.39, 0.29) is 19.3 Å². The normalized spacial score (nSPS) is 13.5. The summed E-state index contributed by atoms with van der Waals surface area (Å²) in [5, 5.41) is 25.2. The fourth-order valence-corrected chi connectivity index (χ4v) is 3.31. The van der Waals surface area contributed by atoms with Crippen LogP contribution in [-0.2, 0) is 13.1 Å². The number of benzene rings is 1. The van der Waals surface area contributed by atoms with E-state index in [9.17, 15) is 0 Å². The SMILES string of the molecule is NC1=c2ccc(CNC(CO)CO)cc2=NCc2sccc21. The molecule has 2 heterocycles. The molecule has 0 saturated heterocycles. The smallest absolute Gasteiger partial charge is 0.0746 e. The minimum atomic E-state index is -0.306. The Labute approximate surface area is 132 Å². The molecule has 0 fully saturated rings. The Balaban J connectivity index is 1.93. The average molecular weight is 317 g/mol. The molecule has 5 N–H and O–H groups in total. The van der Waals surface area contributed by atoms with Crippen molar-refractivity contribution >= 4 is 17.0 Å². The maximum Gasteiger partial charge on any atom is 0.0746 e. The first-order valence-corrected chi connectivity index (χ1v) is 8.06. The number of rotatable bonds is 5. The maximum atomic E-state index is 9.08. The van der Waals surface area contributed by atoms with Gasteiger partial charge in [-0.05, 0) is 23.1 Å². The minimum Gasteiger partial charge on any atom is -0.398 e. The molecule has 0 saturated carbocycles. The molecule has 0 amide bonds. The van der Waals surface area contributed by atoms with E-state index in [1.165, 1.54) is 4.88 Å². The van der Waals surface area contributed by atoms with E-state index in [4.69, 9.17) is 15.9 Å². The van der Waals surface area contributed by atoms with Gasteiger partial charge in [-0.1, -0.05) is 12.1 Å². The number of nitrogens with one attached hydrogen (secondary N) is 1. The van der Waals surface area contributed by atoms with Crippen molar-refractivity contribution in [2.75, 3.05) is 13.2 Å². The lowest BCUT2D eigenvalue weighted by Crippen LogP contribution is -2.36. The zero-order valence-corrected chi connectivity index (χ0v) is 12.9. The molecule has 116 valence electrons. The van der Waals surface area contributed by atoms with Gasteiger partial charge in [0.1, 0.15) is 0 Å². The number of nitrogens with two attached hydrogens (primary N) is 1. The summed E-state index contributed by atoms with van der Waals surface area (Å²) in [6, 6.07) is 7.74. The van der Waals surface area contributed by atoms with Gasteiger partial charge in [0.2, 0.25) is 0 Å². The number of thiophene rings is 1. The van der Waals surface area contributed by atoms with E-state index in [0.717, 1.165) is 27.4 Å². The average Bonchev–Trinajstić information content (AvgIpc) is 2.97. The fourth-order valence-electron chi connectivity index (χ4n) is 2.50. The predicted octanol–water partition coefficient (Wildman–Crippen LogP) is -0.561. The van der Waals surface area contributed by atoms with Crippen LogP contribution in [-0.4, -0.2) is 29.5 Å². The summed E-state index contributed by atoms with van der Waals surface area (Å²) in [6.07, 6.45) is 0. The van der Waals surface area contributed by atoms with E-state index in [2.05, 4.69) is 10.3 Å². The predicted molar refractivity (Wildman–Crippen MR) is 86.7 cm³/mol. The number of aliphatic hydroxyl groups is 2. The van der Waals surface area contributed by atoms with E-state index < -0.39 is 0 Å². The number of fused-ring (bicyclic) bond motifs is 2. The van der Waals surface area contributed by atoms with Gasteiger partial charge in [-0.15, -0.1) is 11.3 Å². The van der Waals surface area contributed by atoms with Gasteiger partial charge < -0.3 is 21.3 Å². The third-order valence-electron chi connectivity index (χ3n) is 3.82. The van der Waals surface area contributed by atoms with Gasteiger partial charge in [-0.2, -0.15) is 0 Å². The molecule has 0 atom stereocenters. The van der Waals surface area contributed by atoms with Gasteiger partial charge in [0, 0.05) is 27.9 Å². The van der Waals surface area contributed by atoms with Crippen LogP contribution in [0.4, 0.5) is 0 Å². The van der Waals surface area contributed by atoms with Gasteiger partial charge in [0.05, 0.1) is 31.2 Å². The molecule has 1 aliphatic heterocycles. The monoisotopic (exact) mass is 317 g/mol. The molecule has 0 unspecified atom stereocenters. The molecule has 0 aliphatic carbocycles. The van der Waals surface area contributed by atoms with Crippen molar-refractivity contribution < 1.29 is 10.2 Å². The third kappa shape index (κ3) is 2.91. The molecular formula is C16H19N3O2S.